The molecule has 11 heteroatoms. The van der Waals surface area contributed by atoms with Gasteiger partial charge in [-0.15, -0.1) is 0 Å². The molecule has 0 fully saturated rings. The van der Waals surface area contributed by atoms with Crippen LogP contribution in [0.25, 0.3) is 0 Å². The second-order valence-electron chi connectivity index (χ2n) is 9.45. The highest BCUT2D eigenvalue weighted by Gasteiger charge is 2.21. The van der Waals surface area contributed by atoms with Crippen molar-refractivity contribution in [3.05, 3.63) is 59.4 Å². The van der Waals surface area contributed by atoms with E-state index in [1.807, 2.05) is 0 Å². The Hall–Kier alpha value is -4.28. The largest absolute Gasteiger partial charge is 0.444 e. The van der Waals surface area contributed by atoms with Crippen molar-refractivity contribution in [3.8, 4) is 5.75 Å². The molecule has 0 unspecified atom stereocenters. The van der Waals surface area contributed by atoms with Crippen LogP contribution in [0.1, 0.15) is 62.3 Å². The predicted molar refractivity (Wildman–Crippen MR) is 129 cm³/mol. The molecule has 2 aromatic rings. The Morgan fingerprint density at radius 3 is 1.83 bits per heavy atom. The second kappa shape index (κ2) is 11.4. The standard InChI is InChI=1S/C25H28FN3O7/c1-24(2,3)35-22(32)28-21(29-23(33)36-25(4,5)6)27-17-10-7-15(8-11-17)20(31)34-18-12-9-16(14-30)19(26)13-18/h7-14H,1-6H3,(H2,27,28,29,32,33). The van der Waals surface area contributed by atoms with Crippen LogP contribution in [0.4, 0.5) is 19.7 Å². The van der Waals surface area contributed by atoms with E-state index in [0.717, 1.165) is 6.07 Å². The van der Waals surface area contributed by atoms with E-state index in [1.54, 1.807) is 41.5 Å². The third-order valence-corrected chi connectivity index (χ3v) is 3.89. The van der Waals surface area contributed by atoms with Gasteiger partial charge >= 0.3 is 18.2 Å². The number of carbonyl (C=O) groups is 4. The first-order valence-electron chi connectivity index (χ1n) is 10.8. The lowest BCUT2D eigenvalue weighted by Crippen LogP contribution is -2.47. The van der Waals surface area contributed by atoms with Crippen molar-refractivity contribution >= 4 is 36.1 Å². The van der Waals surface area contributed by atoms with Crippen LogP contribution in [0.15, 0.2) is 47.5 Å². The fraction of sp³-hybridized carbons (Fsp3) is 0.320. The van der Waals surface area contributed by atoms with Gasteiger partial charge in [0, 0.05) is 6.07 Å². The highest BCUT2D eigenvalue weighted by molar-refractivity contribution is 6.02. The van der Waals surface area contributed by atoms with E-state index in [-0.39, 0.29) is 28.5 Å². The molecule has 0 aliphatic carbocycles. The van der Waals surface area contributed by atoms with E-state index in [0.29, 0.717) is 6.29 Å². The van der Waals surface area contributed by atoms with Crippen molar-refractivity contribution in [2.45, 2.75) is 52.7 Å². The zero-order valence-electron chi connectivity index (χ0n) is 20.8. The third-order valence-electron chi connectivity index (χ3n) is 3.89. The average Bonchev–Trinajstić information content (AvgIpc) is 2.71. The van der Waals surface area contributed by atoms with Crippen molar-refractivity contribution in [3.63, 3.8) is 0 Å². The van der Waals surface area contributed by atoms with Crippen molar-refractivity contribution in [2.24, 2.45) is 4.99 Å². The highest BCUT2D eigenvalue weighted by atomic mass is 19.1. The normalized spacial score (nSPS) is 11.1. The molecule has 0 atom stereocenters. The first kappa shape index (κ1) is 28.0. The Balaban J connectivity index is 2.19. The van der Waals surface area contributed by atoms with Gasteiger partial charge in [-0.1, -0.05) is 0 Å². The summed E-state index contributed by atoms with van der Waals surface area (Å²) in [6, 6.07) is 9.05. The molecule has 0 saturated carbocycles. The molecule has 36 heavy (non-hydrogen) atoms. The monoisotopic (exact) mass is 501 g/mol. The minimum Gasteiger partial charge on any atom is -0.444 e. The lowest BCUT2D eigenvalue weighted by molar-refractivity contribution is 0.0544. The number of carbonyl (C=O) groups excluding carboxylic acids is 4. The molecular weight excluding hydrogens is 473 g/mol. The summed E-state index contributed by atoms with van der Waals surface area (Å²) in [4.78, 5) is 51.6. The maximum atomic E-state index is 13.7. The molecule has 0 heterocycles. The van der Waals surface area contributed by atoms with Crippen LogP contribution >= 0.6 is 0 Å². The molecule has 0 aliphatic rings. The molecule has 10 nitrogen and oxygen atoms in total. The number of benzene rings is 2. The number of alkyl carbamates (subject to hydrolysis) is 2. The number of halogens is 1. The maximum absolute atomic E-state index is 13.7. The highest BCUT2D eigenvalue weighted by Crippen LogP contribution is 2.19. The van der Waals surface area contributed by atoms with Crippen molar-refractivity contribution < 1.29 is 37.8 Å². The van der Waals surface area contributed by atoms with Gasteiger partial charge in [-0.2, -0.15) is 0 Å². The fourth-order valence-corrected chi connectivity index (χ4v) is 2.52. The number of amides is 2. The number of nitrogens with one attached hydrogen (secondary N) is 2. The van der Waals surface area contributed by atoms with Gasteiger partial charge in [0.05, 0.1) is 16.8 Å². The molecule has 0 radical (unpaired) electrons. The topological polar surface area (TPSA) is 132 Å². The lowest BCUT2D eigenvalue weighted by Gasteiger charge is -2.22. The van der Waals surface area contributed by atoms with Crippen LogP contribution < -0.4 is 15.4 Å². The lowest BCUT2D eigenvalue weighted by atomic mass is 10.2. The minimum absolute atomic E-state index is 0.0735. The van der Waals surface area contributed by atoms with Crippen LogP contribution in [0.5, 0.6) is 5.75 Å². The van der Waals surface area contributed by atoms with Crippen LogP contribution in [-0.2, 0) is 9.47 Å². The average molecular weight is 502 g/mol. The Labute approximate surface area is 207 Å². The molecule has 0 bridgehead atoms. The number of ether oxygens (including phenoxy) is 3. The van der Waals surface area contributed by atoms with Crippen molar-refractivity contribution in [1.82, 2.24) is 10.6 Å². The number of hydrogen-bond donors (Lipinski definition) is 2. The Morgan fingerprint density at radius 1 is 0.861 bits per heavy atom. The molecule has 2 amide bonds. The third kappa shape index (κ3) is 9.53. The molecular formula is C25H28FN3O7. The Kier molecular flexibility index (Phi) is 8.88. The summed E-state index contributed by atoms with van der Waals surface area (Å²) in [6.07, 6.45) is -1.36. The van der Waals surface area contributed by atoms with Gasteiger partial charge in [-0.25, -0.2) is 23.8 Å². The zero-order valence-corrected chi connectivity index (χ0v) is 20.8. The van der Waals surface area contributed by atoms with E-state index in [4.69, 9.17) is 14.2 Å². The molecule has 2 aromatic carbocycles. The first-order valence-corrected chi connectivity index (χ1v) is 10.8. The quantitative estimate of drug-likeness (QED) is 0.200. The summed E-state index contributed by atoms with van der Waals surface area (Å²) in [5.41, 5.74) is -1.36. The number of esters is 1. The summed E-state index contributed by atoms with van der Waals surface area (Å²) in [5, 5.41) is 4.70. The maximum Gasteiger partial charge on any atom is 0.414 e. The molecule has 0 aromatic heterocycles. The molecule has 0 saturated heterocycles. The van der Waals surface area contributed by atoms with Crippen LogP contribution in [0.3, 0.4) is 0 Å². The van der Waals surface area contributed by atoms with Gasteiger partial charge in [0.15, 0.2) is 6.29 Å². The molecule has 2 N–H and O–H groups in total. The predicted octanol–water partition coefficient (Wildman–Crippen LogP) is 4.89. The summed E-state index contributed by atoms with van der Waals surface area (Å²) in [5.74, 6) is -1.93. The van der Waals surface area contributed by atoms with Gasteiger partial charge in [-0.3, -0.25) is 15.4 Å². The Morgan fingerprint density at radius 2 is 1.39 bits per heavy atom. The molecule has 192 valence electrons. The summed E-state index contributed by atoms with van der Waals surface area (Å²) < 4.78 is 29.2. The molecule has 0 aliphatic heterocycles. The summed E-state index contributed by atoms with van der Waals surface area (Å²) in [6.45, 7) is 10.0. The van der Waals surface area contributed by atoms with Gasteiger partial charge in [0.2, 0.25) is 5.96 Å². The van der Waals surface area contributed by atoms with Crippen molar-refractivity contribution in [2.75, 3.05) is 0 Å². The number of rotatable bonds is 4. The smallest absolute Gasteiger partial charge is 0.414 e. The number of nitrogens with zero attached hydrogens (tertiary/aromatic N) is 1. The fourth-order valence-electron chi connectivity index (χ4n) is 2.52. The summed E-state index contributed by atoms with van der Waals surface area (Å²) >= 11 is 0. The molecule has 0 spiro atoms. The zero-order chi connectivity index (χ0) is 27.1. The van der Waals surface area contributed by atoms with Crippen molar-refractivity contribution in [1.29, 1.82) is 0 Å². The minimum atomic E-state index is -0.856. The number of guanidine groups is 1. The second-order valence-corrected chi connectivity index (χ2v) is 9.45. The molecule has 2 rings (SSSR count). The first-order chi connectivity index (χ1) is 16.6. The Bertz CT molecular complexity index is 1130. The SMILES string of the molecule is CC(C)(C)OC(=O)NC(=Nc1ccc(C(=O)Oc2ccc(C=O)c(F)c2)cc1)NC(=O)OC(C)(C)C. The van der Waals surface area contributed by atoms with Crippen LogP contribution in [0, 0.1) is 5.82 Å². The van der Waals surface area contributed by atoms with E-state index < -0.39 is 35.2 Å². The number of aldehydes is 1. The van der Waals surface area contributed by atoms with Crippen LogP contribution in [-0.4, -0.2) is 41.6 Å². The van der Waals surface area contributed by atoms with Gasteiger partial charge in [0.1, 0.15) is 22.8 Å². The van der Waals surface area contributed by atoms with E-state index in [1.165, 1.54) is 36.4 Å². The number of aliphatic imine (C=N–C) groups is 1. The summed E-state index contributed by atoms with van der Waals surface area (Å²) in [7, 11) is 0. The van der Waals surface area contributed by atoms with Gasteiger partial charge in [0.25, 0.3) is 0 Å². The van der Waals surface area contributed by atoms with Crippen LogP contribution in [0.2, 0.25) is 0 Å². The van der Waals surface area contributed by atoms with E-state index in [9.17, 15) is 23.6 Å². The van der Waals surface area contributed by atoms with E-state index in [2.05, 4.69) is 15.6 Å². The van der Waals surface area contributed by atoms with Gasteiger partial charge in [-0.05, 0) is 77.9 Å². The van der Waals surface area contributed by atoms with Gasteiger partial charge < -0.3 is 14.2 Å². The number of hydrogen-bond acceptors (Lipinski definition) is 8. The van der Waals surface area contributed by atoms with E-state index >= 15 is 0 Å².